The van der Waals surface area contributed by atoms with Crippen molar-refractivity contribution < 1.29 is 9.59 Å². The Hall–Kier alpha value is -2.57. The molecule has 1 aliphatic rings. The number of nitrogens with one attached hydrogen (secondary N) is 1. The van der Waals surface area contributed by atoms with Gasteiger partial charge in [0.1, 0.15) is 0 Å². The van der Waals surface area contributed by atoms with E-state index in [1.54, 1.807) is 4.90 Å². The number of carbonyl (C=O) groups is 2. The first-order chi connectivity index (χ1) is 12.8. The maximum Gasteiger partial charge on any atom is 0.317 e. The van der Waals surface area contributed by atoms with Crippen molar-refractivity contribution in [2.24, 2.45) is 0 Å². The van der Waals surface area contributed by atoms with E-state index in [-0.39, 0.29) is 18.0 Å². The number of rotatable bonds is 4. The second kappa shape index (κ2) is 7.98. The molecule has 0 bridgehead atoms. The normalized spacial score (nSPS) is 15.0. The lowest BCUT2D eigenvalue weighted by molar-refractivity contribution is -0.131. The van der Waals surface area contributed by atoms with Crippen molar-refractivity contribution in [1.82, 2.24) is 24.7 Å². The highest BCUT2D eigenvalue weighted by atomic mass is 16.2. The highest BCUT2D eigenvalue weighted by Gasteiger charge is 2.24. The molecule has 7 heteroatoms. The Bertz CT molecular complexity index is 819. The first-order valence-electron chi connectivity index (χ1n) is 9.64. The van der Waals surface area contributed by atoms with Crippen LogP contribution in [-0.2, 0) is 11.2 Å². The summed E-state index contributed by atoms with van der Waals surface area (Å²) in [6, 6.07) is 6.46. The lowest BCUT2D eigenvalue weighted by atomic mass is 10.1. The lowest BCUT2D eigenvalue weighted by Gasteiger charge is -2.35. The Morgan fingerprint density at radius 1 is 1.07 bits per heavy atom. The maximum absolute atomic E-state index is 12.7. The van der Waals surface area contributed by atoms with E-state index in [0.717, 1.165) is 16.6 Å². The van der Waals surface area contributed by atoms with E-state index in [1.807, 2.05) is 43.3 Å². The van der Waals surface area contributed by atoms with Crippen LogP contribution < -0.4 is 5.32 Å². The molecular formula is C20H29N5O2. The predicted molar refractivity (Wildman–Crippen MR) is 106 cm³/mol. The highest BCUT2D eigenvalue weighted by Crippen LogP contribution is 2.19. The summed E-state index contributed by atoms with van der Waals surface area (Å²) in [4.78, 5) is 32.8. The predicted octanol–water partition coefficient (Wildman–Crippen LogP) is 2.42. The van der Waals surface area contributed by atoms with Gasteiger partial charge in [-0.25, -0.2) is 9.78 Å². The smallest absolute Gasteiger partial charge is 0.317 e. The van der Waals surface area contributed by atoms with Crippen LogP contribution in [0.2, 0.25) is 0 Å². The van der Waals surface area contributed by atoms with Crippen LogP contribution in [0.4, 0.5) is 4.79 Å². The van der Waals surface area contributed by atoms with Gasteiger partial charge >= 0.3 is 6.03 Å². The van der Waals surface area contributed by atoms with Crippen molar-refractivity contribution in [2.75, 3.05) is 26.2 Å². The number of hydrogen-bond donors (Lipinski definition) is 1. The van der Waals surface area contributed by atoms with Gasteiger partial charge in [0.05, 0.1) is 23.8 Å². The summed E-state index contributed by atoms with van der Waals surface area (Å²) in [6.45, 7) is 10.4. The van der Waals surface area contributed by atoms with E-state index in [0.29, 0.717) is 38.6 Å². The topological polar surface area (TPSA) is 70.5 Å². The number of amides is 3. The van der Waals surface area contributed by atoms with Crippen molar-refractivity contribution in [3.8, 4) is 0 Å². The Morgan fingerprint density at radius 3 is 2.37 bits per heavy atom. The summed E-state index contributed by atoms with van der Waals surface area (Å²) >= 11 is 0. The average molecular weight is 371 g/mol. The van der Waals surface area contributed by atoms with E-state index in [2.05, 4.69) is 28.7 Å². The molecular weight excluding hydrogens is 342 g/mol. The summed E-state index contributed by atoms with van der Waals surface area (Å²) < 4.78 is 2.13. The molecule has 3 rings (SSSR count). The molecule has 7 nitrogen and oxygen atoms in total. The minimum absolute atomic E-state index is 0.0525. The van der Waals surface area contributed by atoms with Gasteiger partial charge in [0, 0.05) is 38.3 Å². The molecule has 0 saturated carbocycles. The fourth-order valence-corrected chi connectivity index (χ4v) is 3.38. The molecule has 146 valence electrons. The lowest BCUT2D eigenvalue weighted by Crippen LogP contribution is -2.54. The Balaban J connectivity index is 1.58. The maximum atomic E-state index is 12.7. The zero-order valence-electron chi connectivity index (χ0n) is 16.6. The monoisotopic (exact) mass is 371 g/mol. The molecule has 1 aliphatic heterocycles. The number of hydrogen-bond acceptors (Lipinski definition) is 3. The van der Waals surface area contributed by atoms with Crippen molar-refractivity contribution in [2.45, 2.75) is 46.2 Å². The fourth-order valence-electron chi connectivity index (χ4n) is 3.38. The molecule has 0 aliphatic carbocycles. The number of carbonyl (C=O) groups excluding carboxylic acids is 2. The number of fused-ring (bicyclic) bond motifs is 1. The van der Waals surface area contributed by atoms with Crippen molar-refractivity contribution in [1.29, 1.82) is 0 Å². The Labute approximate surface area is 160 Å². The first kappa shape index (κ1) is 19.2. The molecule has 1 saturated heterocycles. The molecule has 27 heavy (non-hydrogen) atoms. The average Bonchev–Trinajstić information content (AvgIpc) is 3.04. The van der Waals surface area contributed by atoms with Crippen LogP contribution in [0.25, 0.3) is 11.0 Å². The van der Waals surface area contributed by atoms with Gasteiger partial charge in [-0.3, -0.25) is 4.79 Å². The SMILES string of the molecule is CC(C)NC(=O)N1CCN(C(=O)Cc2ccc3c(c2)ncn3C(C)C)CC1. The second-order valence-electron chi connectivity index (χ2n) is 7.72. The van der Waals surface area contributed by atoms with Gasteiger partial charge in [-0.15, -0.1) is 0 Å². The van der Waals surface area contributed by atoms with E-state index in [1.165, 1.54) is 0 Å². The van der Waals surface area contributed by atoms with Crippen LogP contribution in [-0.4, -0.2) is 63.5 Å². The molecule has 0 radical (unpaired) electrons. The molecule has 2 heterocycles. The van der Waals surface area contributed by atoms with Crippen LogP contribution >= 0.6 is 0 Å². The molecule has 0 atom stereocenters. The molecule has 1 fully saturated rings. The third-order valence-electron chi connectivity index (χ3n) is 4.88. The second-order valence-corrected chi connectivity index (χ2v) is 7.72. The molecule has 0 spiro atoms. The molecule has 2 aromatic rings. The van der Waals surface area contributed by atoms with Crippen LogP contribution in [0.3, 0.4) is 0 Å². The first-order valence-corrected chi connectivity index (χ1v) is 9.64. The van der Waals surface area contributed by atoms with Crippen LogP contribution in [0.15, 0.2) is 24.5 Å². The van der Waals surface area contributed by atoms with Crippen LogP contribution in [0.5, 0.6) is 0 Å². The zero-order chi connectivity index (χ0) is 19.6. The van der Waals surface area contributed by atoms with Gasteiger partial charge in [0.15, 0.2) is 0 Å². The van der Waals surface area contributed by atoms with Gasteiger partial charge < -0.3 is 19.7 Å². The van der Waals surface area contributed by atoms with Crippen molar-refractivity contribution in [3.05, 3.63) is 30.1 Å². The molecule has 3 amide bonds. The summed E-state index contributed by atoms with van der Waals surface area (Å²) in [5, 5.41) is 2.90. The fraction of sp³-hybridized carbons (Fsp3) is 0.550. The molecule has 1 aromatic heterocycles. The van der Waals surface area contributed by atoms with Gasteiger partial charge in [-0.2, -0.15) is 0 Å². The van der Waals surface area contributed by atoms with Gasteiger partial charge in [-0.05, 0) is 45.4 Å². The summed E-state index contributed by atoms with van der Waals surface area (Å²) in [5.74, 6) is 0.0987. The number of benzene rings is 1. The van der Waals surface area contributed by atoms with Gasteiger partial charge in [0.25, 0.3) is 0 Å². The van der Waals surface area contributed by atoms with Gasteiger partial charge in [-0.1, -0.05) is 6.07 Å². The van der Waals surface area contributed by atoms with E-state index < -0.39 is 0 Å². The summed E-state index contributed by atoms with van der Waals surface area (Å²) in [7, 11) is 0. The van der Waals surface area contributed by atoms with E-state index in [9.17, 15) is 9.59 Å². The van der Waals surface area contributed by atoms with Gasteiger partial charge in [0.2, 0.25) is 5.91 Å². The summed E-state index contributed by atoms with van der Waals surface area (Å²) in [6.07, 6.45) is 2.21. The third-order valence-corrected chi connectivity index (χ3v) is 4.88. The standard InChI is InChI=1S/C20H29N5O2/c1-14(2)22-20(27)24-9-7-23(8-10-24)19(26)12-16-5-6-18-17(11-16)21-13-25(18)15(3)4/h5-6,11,13-15H,7-10,12H2,1-4H3,(H,22,27). The molecule has 0 unspecified atom stereocenters. The molecule has 1 N–H and O–H groups in total. The van der Waals surface area contributed by atoms with Crippen molar-refractivity contribution >= 4 is 23.0 Å². The number of urea groups is 1. The summed E-state index contributed by atoms with van der Waals surface area (Å²) in [5.41, 5.74) is 2.98. The van der Waals surface area contributed by atoms with Crippen LogP contribution in [0.1, 0.15) is 39.3 Å². The molecule has 1 aromatic carbocycles. The minimum Gasteiger partial charge on any atom is -0.339 e. The number of nitrogens with zero attached hydrogens (tertiary/aromatic N) is 4. The number of imidazole rings is 1. The largest absolute Gasteiger partial charge is 0.339 e. The van der Waals surface area contributed by atoms with E-state index in [4.69, 9.17) is 0 Å². The van der Waals surface area contributed by atoms with E-state index >= 15 is 0 Å². The zero-order valence-corrected chi connectivity index (χ0v) is 16.6. The quantitative estimate of drug-likeness (QED) is 0.897. The number of piperazine rings is 1. The van der Waals surface area contributed by atoms with Crippen LogP contribution in [0, 0.1) is 0 Å². The number of aromatic nitrogens is 2. The minimum atomic E-state index is -0.0525. The highest BCUT2D eigenvalue weighted by molar-refractivity contribution is 5.82. The Morgan fingerprint density at radius 2 is 1.74 bits per heavy atom. The third kappa shape index (κ3) is 4.40. The van der Waals surface area contributed by atoms with Crippen molar-refractivity contribution in [3.63, 3.8) is 0 Å². The Kier molecular flexibility index (Phi) is 5.68.